The van der Waals surface area contributed by atoms with Crippen molar-refractivity contribution in [2.45, 2.75) is 45.9 Å². The summed E-state index contributed by atoms with van der Waals surface area (Å²) in [7, 11) is -3.70. The third kappa shape index (κ3) is 5.57. The van der Waals surface area contributed by atoms with E-state index in [1.165, 1.54) is 16.4 Å². The van der Waals surface area contributed by atoms with Gasteiger partial charge in [0.25, 0.3) is 5.91 Å². The second-order valence-electron chi connectivity index (χ2n) is 7.89. The van der Waals surface area contributed by atoms with E-state index in [2.05, 4.69) is 13.8 Å². The van der Waals surface area contributed by atoms with Crippen LogP contribution in [0.25, 0.3) is 0 Å². The van der Waals surface area contributed by atoms with Gasteiger partial charge in [0, 0.05) is 26.2 Å². The molecule has 1 heterocycles. The van der Waals surface area contributed by atoms with Crippen LogP contribution in [0.4, 0.5) is 0 Å². The van der Waals surface area contributed by atoms with Gasteiger partial charge < -0.3 is 9.64 Å². The molecule has 1 fully saturated rings. The highest BCUT2D eigenvalue weighted by Crippen LogP contribution is 2.23. The Morgan fingerprint density at radius 2 is 1.72 bits per heavy atom. The number of carbonyl (C=O) groups is 2. The lowest BCUT2D eigenvalue weighted by molar-refractivity contribution is -0.137. The second kappa shape index (κ2) is 9.71. The topological polar surface area (TPSA) is 84.0 Å². The predicted molar refractivity (Wildman–Crippen MR) is 111 cm³/mol. The van der Waals surface area contributed by atoms with Crippen LogP contribution < -0.4 is 0 Å². The number of sulfonamides is 1. The Morgan fingerprint density at radius 3 is 2.28 bits per heavy atom. The Balaban J connectivity index is 2.11. The van der Waals surface area contributed by atoms with Crippen LogP contribution >= 0.6 is 0 Å². The van der Waals surface area contributed by atoms with Gasteiger partial charge in [-0.15, -0.1) is 0 Å². The molecule has 0 N–H and O–H groups in total. The molecular weight excluding hydrogens is 392 g/mol. The van der Waals surface area contributed by atoms with Gasteiger partial charge in [-0.2, -0.15) is 4.31 Å². The zero-order valence-electron chi connectivity index (χ0n) is 18.0. The molecule has 8 heteroatoms. The third-order valence-electron chi connectivity index (χ3n) is 5.30. The Morgan fingerprint density at radius 1 is 1.14 bits per heavy atom. The van der Waals surface area contributed by atoms with Gasteiger partial charge in [-0.3, -0.25) is 4.79 Å². The zero-order chi connectivity index (χ0) is 21.8. The molecule has 29 heavy (non-hydrogen) atoms. The van der Waals surface area contributed by atoms with Gasteiger partial charge in [0.05, 0.1) is 10.5 Å². The second-order valence-corrected chi connectivity index (χ2v) is 9.80. The molecule has 1 aliphatic rings. The number of carbonyl (C=O) groups excluding carboxylic acids is 2. The number of ether oxygens (including phenoxy) is 1. The Hall–Kier alpha value is -1.93. The third-order valence-corrected chi connectivity index (χ3v) is 7.49. The molecule has 1 amide bonds. The average molecular weight is 425 g/mol. The van der Waals surface area contributed by atoms with Crippen molar-refractivity contribution in [1.29, 1.82) is 0 Å². The van der Waals surface area contributed by atoms with E-state index in [0.29, 0.717) is 43.6 Å². The number of nitrogens with zero attached hydrogens (tertiary/aromatic N) is 2. The van der Waals surface area contributed by atoms with Crippen molar-refractivity contribution in [1.82, 2.24) is 9.21 Å². The molecule has 0 aromatic heterocycles. The summed E-state index contributed by atoms with van der Waals surface area (Å²) in [4.78, 5) is 26.7. The fraction of sp³-hybridized carbons (Fsp3) is 0.619. The number of rotatable bonds is 7. The number of hydrogen-bond donors (Lipinski definition) is 0. The predicted octanol–water partition coefficient (Wildman–Crippen LogP) is 2.69. The fourth-order valence-electron chi connectivity index (χ4n) is 3.88. The van der Waals surface area contributed by atoms with E-state index in [0.717, 1.165) is 6.42 Å². The van der Waals surface area contributed by atoms with E-state index in [9.17, 15) is 18.0 Å². The number of benzene rings is 1. The maximum absolute atomic E-state index is 12.8. The van der Waals surface area contributed by atoms with E-state index in [4.69, 9.17) is 4.74 Å². The molecule has 162 valence electrons. The lowest BCUT2D eigenvalue weighted by Gasteiger charge is -2.34. The summed E-state index contributed by atoms with van der Waals surface area (Å²) in [5, 5.41) is 0. The first-order valence-electron chi connectivity index (χ1n) is 10.2. The summed E-state index contributed by atoms with van der Waals surface area (Å²) in [6, 6.07) is 4.44. The maximum Gasteiger partial charge on any atom is 0.338 e. The maximum atomic E-state index is 12.8. The van der Waals surface area contributed by atoms with Crippen LogP contribution in [0.15, 0.2) is 23.1 Å². The molecule has 1 aliphatic heterocycles. The van der Waals surface area contributed by atoms with Crippen LogP contribution in [0.2, 0.25) is 0 Å². The molecule has 0 unspecified atom stereocenters. The van der Waals surface area contributed by atoms with E-state index in [1.807, 2.05) is 0 Å². The summed E-state index contributed by atoms with van der Waals surface area (Å²) in [6.07, 6.45) is 1.08. The highest BCUT2D eigenvalue weighted by molar-refractivity contribution is 7.89. The first-order chi connectivity index (χ1) is 13.6. The van der Waals surface area contributed by atoms with Crippen LogP contribution in [-0.2, 0) is 19.6 Å². The Kier molecular flexibility index (Phi) is 7.82. The quantitative estimate of drug-likeness (QED) is 0.629. The number of amides is 1. The number of esters is 1. The average Bonchev–Trinajstić information content (AvgIpc) is 2.66. The summed E-state index contributed by atoms with van der Waals surface area (Å²) in [5.74, 6) is -0.0843. The molecule has 0 radical (unpaired) electrons. The minimum absolute atomic E-state index is 0.0839. The van der Waals surface area contributed by atoms with E-state index < -0.39 is 16.0 Å². The van der Waals surface area contributed by atoms with Gasteiger partial charge in [0.2, 0.25) is 10.0 Å². The number of hydrogen-bond acceptors (Lipinski definition) is 5. The van der Waals surface area contributed by atoms with Crippen molar-refractivity contribution < 1.29 is 22.7 Å². The molecule has 1 aromatic rings. The molecule has 1 saturated heterocycles. The van der Waals surface area contributed by atoms with Crippen LogP contribution in [0.3, 0.4) is 0 Å². The van der Waals surface area contributed by atoms with Crippen LogP contribution in [-0.4, -0.2) is 62.3 Å². The highest BCUT2D eigenvalue weighted by atomic mass is 32.2. The van der Waals surface area contributed by atoms with E-state index >= 15 is 0 Å². The van der Waals surface area contributed by atoms with Crippen molar-refractivity contribution in [3.8, 4) is 0 Å². The number of aryl methyl sites for hydroxylation is 1. The minimum Gasteiger partial charge on any atom is -0.452 e. The van der Waals surface area contributed by atoms with Gasteiger partial charge in [-0.25, -0.2) is 13.2 Å². The molecule has 1 aromatic carbocycles. The first kappa shape index (κ1) is 23.3. The molecular formula is C21H32N2O5S. The van der Waals surface area contributed by atoms with E-state index in [1.54, 1.807) is 31.7 Å². The number of piperidine rings is 1. The summed E-state index contributed by atoms with van der Waals surface area (Å²) in [5.41, 5.74) is 0.676. The summed E-state index contributed by atoms with van der Waals surface area (Å²) in [6.45, 7) is 11.1. The summed E-state index contributed by atoms with van der Waals surface area (Å²) >= 11 is 0. The van der Waals surface area contributed by atoms with Gasteiger partial charge in [-0.05, 0) is 42.9 Å². The number of likely N-dealkylation sites (tertiary alicyclic amines) is 1. The SMILES string of the molecule is CCN(CC)S(=O)(=O)c1cc(C(=O)OCC(=O)N2C[C@@H](C)C[C@H](C)C2)ccc1C. The Labute approximate surface area is 174 Å². The van der Waals surface area contributed by atoms with Crippen molar-refractivity contribution in [3.63, 3.8) is 0 Å². The monoisotopic (exact) mass is 424 g/mol. The lowest BCUT2D eigenvalue weighted by Crippen LogP contribution is -2.44. The fourth-order valence-corrected chi connectivity index (χ4v) is 5.58. The van der Waals surface area contributed by atoms with Gasteiger partial charge in [0.15, 0.2) is 6.61 Å². The van der Waals surface area contributed by atoms with Gasteiger partial charge in [0.1, 0.15) is 0 Å². The van der Waals surface area contributed by atoms with Crippen molar-refractivity contribution in [2.75, 3.05) is 32.8 Å². The molecule has 0 saturated carbocycles. The minimum atomic E-state index is -3.70. The molecule has 2 rings (SSSR count). The molecule has 2 atom stereocenters. The van der Waals surface area contributed by atoms with Crippen LogP contribution in [0.1, 0.15) is 50.0 Å². The van der Waals surface area contributed by atoms with Crippen molar-refractivity contribution in [3.05, 3.63) is 29.3 Å². The zero-order valence-corrected chi connectivity index (χ0v) is 18.8. The summed E-state index contributed by atoms with van der Waals surface area (Å²) < 4.78 is 32.2. The largest absolute Gasteiger partial charge is 0.452 e. The normalized spacial score (nSPS) is 20.0. The van der Waals surface area contributed by atoms with Gasteiger partial charge >= 0.3 is 5.97 Å². The molecule has 7 nitrogen and oxygen atoms in total. The molecule has 0 aliphatic carbocycles. The highest BCUT2D eigenvalue weighted by Gasteiger charge is 2.27. The van der Waals surface area contributed by atoms with Crippen molar-refractivity contribution >= 4 is 21.9 Å². The standard InChI is InChI=1S/C21H32N2O5S/c1-6-23(7-2)29(26,27)19-11-18(9-8-17(19)5)21(25)28-14-20(24)22-12-15(3)10-16(4)13-22/h8-9,11,15-16H,6-7,10,12-14H2,1-5H3/t15-,16-/m0/s1. The first-order valence-corrected chi connectivity index (χ1v) is 11.6. The van der Waals surface area contributed by atoms with E-state index in [-0.39, 0.29) is 23.0 Å². The van der Waals surface area contributed by atoms with Crippen LogP contribution in [0.5, 0.6) is 0 Å². The molecule has 0 spiro atoms. The Bertz CT molecular complexity index is 839. The van der Waals surface area contributed by atoms with Crippen molar-refractivity contribution in [2.24, 2.45) is 11.8 Å². The molecule has 0 bridgehead atoms. The van der Waals surface area contributed by atoms with Gasteiger partial charge in [-0.1, -0.05) is 33.8 Å². The van der Waals surface area contributed by atoms with Crippen LogP contribution in [0, 0.1) is 18.8 Å². The smallest absolute Gasteiger partial charge is 0.338 e. The lowest BCUT2D eigenvalue weighted by atomic mass is 9.92.